The average Bonchev–Trinajstić information content (AvgIpc) is 2.30. The Morgan fingerprint density at radius 3 is 2.71 bits per heavy atom. The Kier molecular flexibility index (Phi) is 5.12. The molecule has 0 saturated carbocycles. The summed E-state index contributed by atoms with van der Waals surface area (Å²) < 4.78 is 0.927. The third kappa shape index (κ3) is 3.84. The first kappa shape index (κ1) is 13.7. The summed E-state index contributed by atoms with van der Waals surface area (Å²) in [7, 11) is 0. The Morgan fingerprint density at radius 2 is 2.06 bits per heavy atom. The van der Waals surface area contributed by atoms with Gasteiger partial charge < -0.3 is 5.32 Å². The molecule has 3 nitrogen and oxygen atoms in total. The summed E-state index contributed by atoms with van der Waals surface area (Å²) in [5.41, 5.74) is 1.30. The Morgan fingerprint density at radius 1 is 1.24 bits per heavy atom. The van der Waals surface area contributed by atoms with Crippen molar-refractivity contribution in [2.75, 3.05) is 5.32 Å². The highest BCUT2D eigenvalue weighted by molar-refractivity contribution is 9.10. The van der Waals surface area contributed by atoms with E-state index in [0.717, 1.165) is 10.2 Å². The molecule has 1 heterocycles. The van der Waals surface area contributed by atoms with Crippen LogP contribution in [0.5, 0.6) is 0 Å². The molecule has 0 aliphatic rings. The number of hydrogen-bond acceptors (Lipinski definition) is 2. The molecular formula is C12H10BrClN2O. The molecule has 0 aliphatic heterocycles. The van der Waals surface area contributed by atoms with Crippen molar-refractivity contribution in [2.24, 2.45) is 0 Å². The van der Waals surface area contributed by atoms with Crippen LogP contribution in [0.25, 0.3) is 0 Å². The van der Waals surface area contributed by atoms with Crippen molar-refractivity contribution in [1.29, 1.82) is 0 Å². The molecule has 0 unspecified atom stereocenters. The number of carbonyl (C=O) groups is 1. The first-order valence-corrected chi connectivity index (χ1v) is 5.52. The van der Waals surface area contributed by atoms with Gasteiger partial charge >= 0.3 is 0 Å². The minimum absolute atomic E-state index is 0. The van der Waals surface area contributed by atoms with Crippen molar-refractivity contribution in [3.63, 3.8) is 0 Å². The number of pyridine rings is 1. The van der Waals surface area contributed by atoms with Crippen LogP contribution in [0.2, 0.25) is 0 Å². The highest BCUT2D eigenvalue weighted by Gasteiger charge is 2.05. The minimum atomic E-state index is -0.161. The molecule has 0 radical (unpaired) electrons. The molecule has 17 heavy (non-hydrogen) atoms. The van der Waals surface area contributed by atoms with Gasteiger partial charge in [0.2, 0.25) is 0 Å². The van der Waals surface area contributed by atoms with Gasteiger partial charge in [-0.3, -0.25) is 9.78 Å². The van der Waals surface area contributed by atoms with Gasteiger partial charge in [-0.15, -0.1) is 12.4 Å². The maximum Gasteiger partial charge on any atom is 0.257 e. The maximum absolute atomic E-state index is 11.8. The lowest BCUT2D eigenvalue weighted by Gasteiger charge is -2.04. The van der Waals surface area contributed by atoms with E-state index in [9.17, 15) is 4.79 Å². The van der Waals surface area contributed by atoms with Gasteiger partial charge in [0, 0.05) is 22.6 Å². The van der Waals surface area contributed by atoms with E-state index in [4.69, 9.17) is 0 Å². The first-order chi connectivity index (χ1) is 7.75. The van der Waals surface area contributed by atoms with E-state index in [1.165, 1.54) is 6.20 Å². The van der Waals surface area contributed by atoms with Crippen LogP contribution >= 0.6 is 28.3 Å². The van der Waals surface area contributed by atoms with Crippen molar-refractivity contribution in [2.45, 2.75) is 0 Å². The number of carbonyl (C=O) groups excluding carboxylic acids is 1. The standard InChI is InChI=1S/C12H9BrN2O.ClH/c13-10-4-1-5-11(7-10)15-12(16)9-3-2-6-14-8-9;/h1-8H,(H,15,16);1H. The molecule has 2 aromatic rings. The number of rotatable bonds is 2. The van der Waals surface area contributed by atoms with E-state index in [2.05, 4.69) is 26.2 Å². The molecule has 0 bridgehead atoms. The van der Waals surface area contributed by atoms with E-state index < -0.39 is 0 Å². The third-order valence-corrected chi connectivity index (χ3v) is 2.50. The van der Waals surface area contributed by atoms with E-state index in [-0.39, 0.29) is 18.3 Å². The van der Waals surface area contributed by atoms with Crippen LogP contribution in [0.15, 0.2) is 53.3 Å². The number of aromatic nitrogens is 1. The van der Waals surface area contributed by atoms with Crippen molar-refractivity contribution in [1.82, 2.24) is 4.98 Å². The Hall–Kier alpha value is -1.39. The molecule has 1 aromatic heterocycles. The van der Waals surface area contributed by atoms with Gasteiger partial charge in [-0.05, 0) is 30.3 Å². The Labute approximate surface area is 114 Å². The van der Waals surface area contributed by atoms with Crippen LogP contribution in [0, 0.1) is 0 Å². The molecule has 1 aromatic carbocycles. The fourth-order valence-corrected chi connectivity index (χ4v) is 1.67. The first-order valence-electron chi connectivity index (χ1n) is 4.72. The molecule has 1 N–H and O–H groups in total. The molecule has 88 valence electrons. The summed E-state index contributed by atoms with van der Waals surface area (Å²) in [6, 6.07) is 10.9. The SMILES string of the molecule is Cl.O=C(Nc1cccc(Br)c1)c1cccnc1. The highest BCUT2D eigenvalue weighted by Crippen LogP contribution is 2.16. The van der Waals surface area contributed by atoms with Crippen molar-refractivity contribution >= 4 is 39.9 Å². The monoisotopic (exact) mass is 312 g/mol. The van der Waals surface area contributed by atoms with E-state index >= 15 is 0 Å². The largest absolute Gasteiger partial charge is 0.322 e. The second-order valence-electron chi connectivity index (χ2n) is 3.21. The van der Waals surface area contributed by atoms with Crippen LogP contribution in [0.1, 0.15) is 10.4 Å². The highest BCUT2D eigenvalue weighted by atomic mass is 79.9. The van der Waals surface area contributed by atoms with Gasteiger partial charge in [0.25, 0.3) is 5.91 Å². The van der Waals surface area contributed by atoms with Crippen LogP contribution in [-0.4, -0.2) is 10.9 Å². The van der Waals surface area contributed by atoms with Crippen LogP contribution < -0.4 is 5.32 Å². The lowest BCUT2D eigenvalue weighted by atomic mass is 10.2. The van der Waals surface area contributed by atoms with Gasteiger partial charge in [-0.2, -0.15) is 0 Å². The third-order valence-electron chi connectivity index (χ3n) is 2.01. The maximum atomic E-state index is 11.8. The molecule has 2 rings (SSSR count). The fourth-order valence-electron chi connectivity index (χ4n) is 1.27. The van der Waals surface area contributed by atoms with Crippen molar-refractivity contribution in [3.8, 4) is 0 Å². The number of hydrogen-bond donors (Lipinski definition) is 1. The van der Waals surface area contributed by atoms with E-state index in [1.807, 2.05) is 24.3 Å². The fraction of sp³-hybridized carbons (Fsp3) is 0. The smallest absolute Gasteiger partial charge is 0.257 e. The lowest BCUT2D eigenvalue weighted by molar-refractivity contribution is 0.102. The van der Waals surface area contributed by atoms with Gasteiger partial charge in [0.05, 0.1) is 5.56 Å². The van der Waals surface area contributed by atoms with Crippen LogP contribution in [0.4, 0.5) is 5.69 Å². The summed E-state index contributed by atoms with van der Waals surface area (Å²) in [6.45, 7) is 0. The summed E-state index contributed by atoms with van der Waals surface area (Å²) in [4.78, 5) is 15.7. The van der Waals surface area contributed by atoms with E-state index in [0.29, 0.717) is 5.56 Å². The van der Waals surface area contributed by atoms with Gasteiger partial charge in [-0.1, -0.05) is 22.0 Å². The molecule has 0 fully saturated rings. The number of nitrogens with zero attached hydrogens (tertiary/aromatic N) is 1. The summed E-state index contributed by atoms with van der Waals surface area (Å²) in [5, 5.41) is 2.79. The molecule has 0 spiro atoms. The predicted octanol–water partition coefficient (Wildman–Crippen LogP) is 3.52. The quantitative estimate of drug-likeness (QED) is 0.921. The number of nitrogens with one attached hydrogen (secondary N) is 1. The van der Waals surface area contributed by atoms with Gasteiger partial charge in [-0.25, -0.2) is 0 Å². The second-order valence-corrected chi connectivity index (χ2v) is 4.12. The molecular weight excluding hydrogens is 304 g/mol. The van der Waals surface area contributed by atoms with Crippen molar-refractivity contribution in [3.05, 3.63) is 58.8 Å². The number of halogens is 2. The zero-order valence-corrected chi connectivity index (χ0v) is 11.2. The summed E-state index contributed by atoms with van der Waals surface area (Å²) >= 11 is 3.34. The van der Waals surface area contributed by atoms with E-state index in [1.54, 1.807) is 18.3 Å². The number of benzene rings is 1. The lowest BCUT2D eigenvalue weighted by Crippen LogP contribution is -2.11. The molecule has 0 saturated heterocycles. The van der Waals surface area contributed by atoms with Crippen LogP contribution in [0.3, 0.4) is 0 Å². The second kappa shape index (κ2) is 6.37. The van der Waals surface area contributed by atoms with Crippen LogP contribution in [-0.2, 0) is 0 Å². The van der Waals surface area contributed by atoms with Crippen molar-refractivity contribution < 1.29 is 4.79 Å². The zero-order chi connectivity index (χ0) is 11.4. The normalized spacial score (nSPS) is 9.24. The molecule has 0 atom stereocenters. The zero-order valence-electron chi connectivity index (χ0n) is 8.76. The minimum Gasteiger partial charge on any atom is -0.322 e. The Bertz CT molecular complexity index is 505. The summed E-state index contributed by atoms with van der Waals surface area (Å²) in [5.74, 6) is -0.161. The molecule has 5 heteroatoms. The Balaban J connectivity index is 0.00000144. The number of amides is 1. The topological polar surface area (TPSA) is 42.0 Å². The number of anilines is 1. The molecule has 1 amide bonds. The van der Waals surface area contributed by atoms with Gasteiger partial charge in [0.15, 0.2) is 0 Å². The molecule has 0 aliphatic carbocycles. The van der Waals surface area contributed by atoms with Gasteiger partial charge in [0.1, 0.15) is 0 Å². The average molecular weight is 314 g/mol. The predicted molar refractivity (Wildman–Crippen MR) is 73.6 cm³/mol. The summed E-state index contributed by atoms with van der Waals surface area (Å²) in [6.07, 6.45) is 3.17.